The summed E-state index contributed by atoms with van der Waals surface area (Å²) in [5.74, 6) is 0.964. The van der Waals surface area contributed by atoms with Crippen molar-refractivity contribution >= 4 is 38.4 Å². The monoisotopic (exact) mass is 339 g/mol. The van der Waals surface area contributed by atoms with Crippen LogP contribution in [0.1, 0.15) is 0 Å². The van der Waals surface area contributed by atoms with Gasteiger partial charge in [-0.1, -0.05) is 46.3 Å². The Morgan fingerprint density at radius 3 is 2.62 bits per heavy atom. The Bertz CT molecular complexity index is 962. The molecular weight excluding hydrogens is 330 g/mol. The van der Waals surface area contributed by atoms with Gasteiger partial charge in [0.2, 0.25) is 5.95 Å². The third-order valence-corrected chi connectivity index (χ3v) is 3.78. The van der Waals surface area contributed by atoms with E-state index in [2.05, 4.69) is 26.0 Å². The molecule has 0 saturated carbocycles. The van der Waals surface area contributed by atoms with Crippen molar-refractivity contribution in [1.82, 2.24) is 19.6 Å². The van der Waals surface area contributed by atoms with E-state index in [-0.39, 0.29) is 5.95 Å². The molecule has 0 radical (unpaired) electrons. The predicted octanol–water partition coefficient (Wildman–Crippen LogP) is 3.29. The van der Waals surface area contributed by atoms with Gasteiger partial charge in [0.25, 0.3) is 0 Å². The first-order valence-electron chi connectivity index (χ1n) is 6.39. The molecule has 0 saturated heterocycles. The van der Waals surface area contributed by atoms with Crippen LogP contribution in [0.2, 0.25) is 0 Å². The molecule has 0 unspecified atom stereocenters. The van der Waals surface area contributed by atoms with Crippen molar-refractivity contribution in [3.63, 3.8) is 0 Å². The molecule has 21 heavy (non-hydrogen) atoms. The minimum absolute atomic E-state index is 0.237. The number of anilines is 1. The molecule has 0 bridgehead atoms. The number of hydrogen-bond acceptors (Lipinski definition) is 4. The summed E-state index contributed by atoms with van der Waals surface area (Å²) in [6, 6.07) is 15.8. The van der Waals surface area contributed by atoms with E-state index in [1.165, 1.54) is 0 Å². The average molecular weight is 340 g/mol. The van der Waals surface area contributed by atoms with E-state index in [1.807, 2.05) is 48.5 Å². The highest BCUT2D eigenvalue weighted by Crippen LogP contribution is 2.26. The minimum Gasteiger partial charge on any atom is -0.366 e. The third-order valence-electron chi connectivity index (χ3n) is 3.28. The Morgan fingerprint density at radius 2 is 1.81 bits per heavy atom. The van der Waals surface area contributed by atoms with Crippen LogP contribution in [0.15, 0.2) is 53.0 Å². The van der Waals surface area contributed by atoms with Gasteiger partial charge in [-0.15, -0.1) is 5.10 Å². The second-order valence-electron chi connectivity index (χ2n) is 4.67. The van der Waals surface area contributed by atoms with Crippen LogP contribution < -0.4 is 5.73 Å². The molecule has 2 N–H and O–H groups in total. The molecule has 0 aliphatic rings. The van der Waals surface area contributed by atoms with Crippen molar-refractivity contribution in [3.8, 4) is 11.4 Å². The van der Waals surface area contributed by atoms with Crippen LogP contribution in [0, 0.1) is 0 Å². The average Bonchev–Trinajstić information content (AvgIpc) is 2.89. The molecule has 0 aliphatic heterocycles. The van der Waals surface area contributed by atoms with Crippen LogP contribution >= 0.6 is 15.9 Å². The van der Waals surface area contributed by atoms with Crippen molar-refractivity contribution in [1.29, 1.82) is 0 Å². The lowest BCUT2D eigenvalue weighted by molar-refractivity contribution is 0.951. The van der Waals surface area contributed by atoms with Crippen molar-refractivity contribution in [3.05, 3.63) is 53.0 Å². The van der Waals surface area contributed by atoms with E-state index in [1.54, 1.807) is 4.52 Å². The summed E-state index contributed by atoms with van der Waals surface area (Å²) >= 11 is 3.47. The Labute approximate surface area is 128 Å². The summed E-state index contributed by atoms with van der Waals surface area (Å²) in [5.41, 5.74) is 8.32. The van der Waals surface area contributed by atoms with Gasteiger partial charge in [0.15, 0.2) is 11.5 Å². The Kier molecular flexibility index (Phi) is 2.65. The smallest absolute Gasteiger partial charge is 0.240 e. The summed E-state index contributed by atoms with van der Waals surface area (Å²) in [5, 5.41) is 5.19. The normalized spacial score (nSPS) is 11.3. The number of rotatable bonds is 1. The zero-order chi connectivity index (χ0) is 14.4. The largest absolute Gasteiger partial charge is 0.366 e. The van der Waals surface area contributed by atoms with E-state index in [9.17, 15) is 0 Å². The molecular formula is C15H10BrN5. The molecule has 2 aromatic carbocycles. The first kappa shape index (κ1) is 12.3. The van der Waals surface area contributed by atoms with E-state index < -0.39 is 0 Å². The molecule has 2 aromatic heterocycles. The van der Waals surface area contributed by atoms with Gasteiger partial charge < -0.3 is 5.73 Å². The predicted molar refractivity (Wildman–Crippen MR) is 85.8 cm³/mol. The lowest BCUT2D eigenvalue weighted by Crippen LogP contribution is -1.99. The molecule has 5 nitrogen and oxygen atoms in total. The third kappa shape index (κ3) is 1.95. The summed E-state index contributed by atoms with van der Waals surface area (Å²) < 4.78 is 2.66. The van der Waals surface area contributed by atoms with Gasteiger partial charge in [0, 0.05) is 15.4 Å². The lowest BCUT2D eigenvalue weighted by atomic mass is 10.2. The van der Waals surface area contributed by atoms with Gasteiger partial charge in [-0.05, 0) is 18.2 Å². The van der Waals surface area contributed by atoms with Crippen molar-refractivity contribution in [2.75, 3.05) is 5.73 Å². The van der Waals surface area contributed by atoms with Gasteiger partial charge in [-0.25, -0.2) is 4.98 Å². The number of nitrogens with zero attached hydrogens (tertiary/aromatic N) is 4. The minimum atomic E-state index is 0.237. The quantitative estimate of drug-likeness (QED) is 0.577. The lowest BCUT2D eigenvalue weighted by Gasteiger charge is -2.06. The summed E-state index contributed by atoms with van der Waals surface area (Å²) in [7, 11) is 0. The molecule has 0 atom stereocenters. The van der Waals surface area contributed by atoms with E-state index in [4.69, 9.17) is 10.7 Å². The molecule has 0 spiro atoms. The number of hydrogen-bond donors (Lipinski definition) is 1. The second kappa shape index (κ2) is 4.53. The maximum Gasteiger partial charge on any atom is 0.240 e. The van der Waals surface area contributed by atoms with Crippen LogP contribution in [-0.4, -0.2) is 19.6 Å². The molecule has 102 valence electrons. The van der Waals surface area contributed by atoms with Crippen LogP contribution in [0.3, 0.4) is 0 Å². The van der Waals surface area contributed by atoms with Gasteiger partial charge in [-0.2, -0.15) is 9.50 Å². The standard InChI is InChI=1S/C15H10BrN5/c16-10-6-7-12-11(8-10)14-19-15(17)20-21(14)13(18-12)9-4-2-1-3-5-9/h1-8H,(H2,17,20). The van der Waals surface area contributed by atoms with E-state index in [0.29, 0.717) is 5.65 Å². The number of fused-ring (bicyclic) bond motifs is 3. The zero-order valence-corrected chi connectivity index (χ0v) is 12.4. The van der Waals surface area contributed by atoms with Gasteiger partial charge in [-0.3, -0.25) is 0 Å². The van der Waals surface area contributed by atoms with Gasteiger partial charge >= 0.3 is 0 Å². The topological polar surface area (TPSA) is 69.1 Å². The molecule has 0 fully saturated rings. The number of halogens is 1. The second-order valence-corrected chi connectivity index (χ2v) is 5.58. The van der Waals surface area contributed by atoms with Crippen molar-refractivity contribution in [2.45, 2.75) is 0 Å². The summed E-state index contributed by atoms with van der Waals surface area (Å²) in [6.07, 6.45) is 0. The zero-order valence-electron chi connectivity index (χ0n) is 10.9. The number of aromatic nitrogens is 4. The fraction of sp³-hybridized carbons (Fsp3) is 0. The summed E-state index contributed by atoms with van der Waals surface area (Å²) in [4.78, 5) is 9.05. The molecule has 2 heterocycles. The van der Waals surface area contributed by atoms with Crippen molar-refractivity contribution < 1.29 is 0 Å². The highest BCUT2D eigenvalue weighted by molar-refractivity contribution is 9.10. The molecule has 6 heteroatoms. The Hall–Kier alpha value is -2.47. The Balaban J connectivity index is 2.17. The fourth-order valence-corrected chi connectivity index (χ4v) is 2.73. The molecule has 0 aliphatic carbocycles. The number of nitrogens with two attached hydrogens (primary N) is 1. The van der Waals surface area contributed by atoms with Gasteiger partial charge in [0.05, 0.1) is 5.52 Å². The highest BCUT2D eigenvalue weighted by Gasteiger charge is 2.13. The van der Waals surface area contributed by atoms with Crippen LogP contribution in [-0.2, 0) is 0 Å². The van der Waals surface area contributed by atoms with E-state index in [0.717, 1.165) is 26.8 Å². The van der Waals surface area contributed by atoms with Gasteiger partial charge in [0.1, 0.15) is 0 Å². The van der Waals surface area contributed by atoms with Crippen LogP contribution in [0.25, 0.3) is 27.9 Å². The van der Waals surface area contributed by atoms with Crippen LogP contribution in [0.4, 0.5) is 5.95 Å². The maximum atomic E-state index is 5.78. The highest BCUT2D eigenvalue weighted by atomic mass is 79.9. The fourth-order valence-electron chi connectivity index (χ4n) is 2.37. The van der Waals surface area contributed by atoms with E-state index >= 15 is 0 Å². The summed E-state index contributed by atoms with van der Waals surface area (Å²) in [6.45, 7) is 0. The Morgan fingerprint density at radius 1 is 1.00 bits per heavy atom. The first-order chi connectivity index (χ1) is 10.2. The maximum absolute atomic E-state index is 5.78. The van der Waals surface area contributed by atoms with Crippen LogP contribution in [0.5, 0.6) is 0 Å². The molecule has 4 aromatic rings. The molecule has 0 amide bonds. The first-order valence-corrected chi connectivity index (χ1v) is 7.18. The number of benzene rings is 2. The molecule has 4 rings (SSSR count). The SMILES string of the molecule is Nc1nc2c3cc(Br)ccc3nc(-c3ccccc3)n2n1. The van der Waals surface area contributed by atoms with Crippen molar-refractivity contribution in [2.24, 2.45) is 0 Å². The number of nitrogen functional groups attached to an aromatic ring is 1.